The molecule has 1 fully saturated rings. The van der Waals surface area contributed by atoms with Gasteiger partial charge >= 0.3 is 0 Å². The summed E-state index contributed by atoms with van der Waals surface area (Å²) in [5, 5.41) is 15.3. The lowest BCUT2D eigenvalue weighted by Gasteiger charge is -2.32. The predicted octanol–water partition coefficient (Wildman–Crippen LogP) is 5.17. The summed E-state index contributed by atoms with van der Waals surface area (Å²) in [6, 6.07) is 23.1. The van der Waals surface area contributed by atoms with E-state index in [2.05, 4.69) is 0 Å². The zero-order valence-corrected chi connectivity index (χ0v) is 27.0. The van der Waals surface area contributed by atoms with Crippen LogP contribution in [0.2, 0.25) is 0 Å². The average molecular weight is 649 g/mol. The van der Waals surface area contributed by atoms with Crippen LogP contribution < -0.4 is 9.47 Å². The molecule has 0 N–H and O–H groups in total. The van der Waals surface area contributed by atoms with Crippen LogP contribution in [-0.2, 0) is 19.4 Å². The third kappa shape index (κ3) is 6.07. The summed E-state index contributed by atoms with van der Waals surface area (Å²) < 4.78 is 37.6. The number of benzene rings is 3. The van der Waals surface area contributed by atoms with Gasteiger partial charge in [0.05, 0.1) is 48.2 Å². The summed E-state index contributed by atoms with van der Waals surface area (Å²) in [6.45, 7) is 4.37. The fourth-order valence-electron chi connectivity index (χ4n) is 6.00. The van der Waals surface area contributed by atoms with Crippen LogP contribution in [0.1, 0.15) is 30.0 Å². The maximum absolute atomic E-state index is 14.4. The molecule has 238 valence electrons. The van der Waals surface area contributed by atoms with E-state index in [1.54, 1.807) is 41.2 Å². The highest BCUT2D eigenvalue weighted by molar-refractivity contribution is 7.91. The second-order valence-corrected chi connectivity index (χ2v) is 13.5. The number of aryl methyl sites for hydroxylation is 1. The van der Waals surface area contributed by atoms with Crippen LogP contribution >= 0.6 is 0 Å². The van der Waals surface area contributed by atoms with Gasteiger partial charge in [0.2, 0.25) is 0 Å². The topological polar surface area (TPSA) is 132 Å². The number of nitrogens with zero attached hydrogens (tertiary/aromatic N) is 4. The first-order valence-electron chi connectivity index (χ1n) is 15.1. The van der Waals surface area contributed by atoms with Gasteiger partial charge in [-0.3, -0.25) is 14.5 Å². The molecule has 1 unspecified atom stereocenters. The predicted molar refractivity (Wildman–Crippen MR) is 177 cm³/mol. The molecule has 3 aromatic carbocycles. The van der Waals surface area contributed by atoms with E-state index < -0.39 is 27.7 Å². The van der Waals surface area contributed by atoms with Crippen LogP contribution in [0.15, 0.2) is 90.1 Å². The fraction of sp³-hybridized carbons (Fsp3) is 0.222. The maximum Gasteiger partial charge on any atom is 0.272 e. The van der Waals surface area contributed by atoms with E-state index in [0.29, 0.717) is 29.2 Å². The third-order valence-electron chi connectivity index (χ3n) is 8.28. The van der Waals surface area contributed by atoms with E-state index in [1.807, 2.05) is 68.4 Å². The highest BCUT2D eigenvalue weighted by Crippen LogP contribution is 2.39. The van der Waals surface area contributed by atoms with Crippen molar-refractivity contribution >= 4 is 33.3 Å². The molecule has 2 aliphatic heterocycles. The molecule has 1 aromatic heterocycles. The number of sulfone groups is 1. The molecule has 0 radical (unpaired) electrons. The smallest absolute Gasteiger partial charge is 0.272 e. The van der Waals surface area contributed by atoms with E-state index in [0.717, 1.165) is 27.5 Å². The third-order valence-corrected chi connectivity index (χ3v) is 10.0. The minimum absolute atomic E-state index is 0.0761. The van der Waals surface area contributed by atoms with Crippen LogP contribution in [-0.4, -0.2) is 66.2 Å². The molecule has 4 aromatic rings. The number of carbonyl (C=O) groups excluding carboxylic acids is 2. The molecule has 3 heterocycles. The molecule has 1 saturated heterocycles. The number of carbonyl (C=O) groups is 2. The number of imide groups is 1. The van der Waals surface area contributed by atoms with Gasteiger partial charge in [-0.2, -0.15) is 10.4 Å². The molecule has 47 heavy (non-hydrogen) atoms. The van der Waals surface area contributed by atoms with Crippen molar-refractivity contribution in [2.24, 2.45) is 0 Å². The van der Waals surface area contributed by atoms with Crippen molar-refractivity contribution in [3.05, 3.63) is 107 Å². The summed E-state index contributed by atoms with van der Waals surface area (Å²) in [5.74, 6) is -0.688. The van der Waals surface area contributed by atoms with Crippen molar-refractivity contribution in [2.75, 3.05) is 25.2 Å². The second kappa shape index (κ2) is 12.7. The first-order chi connectivity index (χ1) is 22.6. The Bertz CT molecular complexity index is 2090. The van der Waals surface area contributed by atoms with Gasteiger partial charge in [0, 0.05) is 22.9 Å². The standard InChI is InChI=1S/C36H32N4O6S/c1-4-46-32-15-12-25(18-23(32)2)34-26(21-39(38-34)27-8-6-5-7-9-27)19-30-33(24-10-13-29(45-3)14-11-24)31(20-37)36(42)40(35(30)41)28-16-17-47(43,44)22-28/h5-15,18-19,21,28H,4,16-17,22H2,1-3H3/b30-19-. The van der Waals surface area contributed by atoms with Crippen LogP contribution in [0.3, 0.4) is 0 Å². The monoisotopic (exact) mass is 648 g/mol. The Morgan fingerprint density at radius 2 is 1.74 bits per heavy atom. The van der Waals surface area contributed by atoms with Gasteiger partial charge in [0.25, 0.3) is 11.8 Å². The first-order valence-corrected chi connectivity index (χ1v) is 16.9. The molecular formula is C36H32N4O6S. The van der Waals surface area contributed by atoms with Gasteiger partial charge < -0.3 is 9.47 Å². The number of amides is 2. The zero-order chi connectivity index (χ0) is 33.3. The molecule has 11 heteroatoms. The van der Waals surface area contributed by atoms with Gasteiger partial charge in [0.15, 0.2) is 9.84 Å². The van der Waals surface area contributed by atoms with Crippen LogP contribution in [0, 0.1) is 18.3 Å². The molecule has 2 aliphatic rings. The first kappa shape index (κ1) is 31.5. The summed E-state index contributed by atoms with van der Waals surface area (Å²) in [5.41, 5.74) is 4.00. The minimum Gasteiger partial charge on any atom is -0.497 e. The average Bonchev–Trinajstić information content (AvgIpc) is 3.66. The van der Waals surface area contributed by atoms with Crippen molar-refractivity contribution < 1.29 is 27.5 Å². The van der Waals surface area contributed by atoms with E-state index in [1.165, 1.54) is 7.11 Å². The van der Waals surface area contributed by atoms with Gasteiger partial charge in [0.1, 0.15) is 23.1 Å². The Kier molecular flexibility index (Phi) is 8.54. The molecule has 0 bridgehead atoms. The van der Waals surface area contributed by atoms with Crippen LogP contribution in [0.25, 0.3) is 28.6 Å². The van der Waals surface area contributed by atoms with E-state index in [9.17, 15) is 23.3 Å². The number of methoxy groups -OCH3 is 1. The number of para-hydroxylation sites is 1. The van der Waals surface area contributed by atoms with Gasteiger partial charge in [-0.1, -0.05) is 30.3 Å². The lowest BCUT2D eigenvalue weighted by Crippen LogP contribution is -2.49. The van der Waals surface area contributed by atoms with Crippen molar-refractivity contribution in [2.45, 2.75) is 26.3 Å². The number of hydrogen-bond donors (Lipinski definition) is 0. The highest BCUT2D eigenvalue weighted by atomic mass is 32.2. The number of nitriles is 1. The highest BCUT2D eigenvalue weighted by Gasteiger charge is 2.45. The lowest BCUT2D eigenvalue weighted by molar-refractivity contribution is -0.142. The van der Waals surface area contributed by atoms with E-state index in [-0.39, 0.29) is 34.6 Å². The molecular weight excluding hydrogens is 616 g/mol. The summed E-state index contributed by atoms with van der Waals surface area (Å²) in [6.07, 6.45) is 3.53. The van der Waals surface area contributed by atoms with E-state index in [4.69, 9.17) is 14.6 Å². The number of ether oxygens (including phenoxy) is 2. The summed E-state index contributed by atoms with van der Waals surface area (Å²) in [7, 11) is -1.93. The zero-order valence-electron chi connectivity index (χ0n) is 26.1. The van der Waals surface area contributed by atoms with Gasteiger partial charge in [-0.25, -0.2) is 13.1 Å². The van der Waals surface area contributed by atoms with Gasteiger partial charge in [-0.05, 0) is 79.9 Å². The summed E-state index contributed by atoms with van der Waals surface area (Å²) in [4.78, 5) is 29.2. The second-order valence-electron chi connectivity index (χ2n) is 11.3. The Balaban J connectivity index is 1.59. The van der Waals surface area contributed by atoms with E-state index >= 15 is 0 Å². The Morgan fingerprint density at radius 3 is 2.36 bits per heavy atom. The SMILES string of the molecule is CCOc1ccc(-c2nn(-c3ccccc3)cc2/C=C2\C(=O)N(C3CCS(=O)(=O)C3)C(=O)C(C#N)=C2c2ccc(OC)cc2)cc1C. The Labute approximate surface area is 273 Å². The molecule has 6 rings (SSSR count). The lowest BCUT2D eigenvalue weighted by atomic mass is 9.86. The van der Waals surface area contributed by atoms with Crippen molar-refractivity contribution in [1.29, 1.82) is 5.26 Å². The Morgan fingerprint density at radius 1 is 1.02 bits per heavy atom. The Hall–Kier alpha value is -5.47. The van der Waals surface area contributed by atoms with Crippen LogP contribution in [0.4, 0.5) is 0 Å². The quantitative estimate of drug-likeness (QED) is 0.189. The molecule has 1 atom stereocenters. The number of aromatic nitrogens is 2. The molecule has 10 nitrogen and oxygen atoms in total. The maximum atomic E-state index is 14.4. The normalized spacial score (nSPS) is 18.5. The fourth-order valence-corrected chi connectivity index (χ4v) is 7.70. The number of hydrogen-bond acceptors (Lipinski definition) is 8. The summed E-state index contributed by atoms with van der Waals surface area (Å²) >= 11 is 0. The molecule has 0 saturated carbocycles. The minimum atomic E-state index is -3.45. The molecule has 2 amide bonds. The van der Waals surface area contributed by atoms with Crippen molar-refractivity contribution in [3.63, 3.8) is 0 Å². The van der Waals surface area contributed by atoms with Crippen LogP contribution in [0.5, 0.6) is 11.5 Å². The van der Waals surface area contributed by atoms with Crippen molar-refractivity contribution in [3.8, 4) is 34.5 Å². The largest absolute Gasteiger partial charge is 0.497 e. The molecule has 0 aliphatic carbocycles. The number of rotatable bonds is 8. The van der Waals surface area contributed by atoms with Crippen molar-refractivity contribution in [1.82, 2.24) is 14.7 Å². The van der Waals surface area contributed by atoms with Gasteiger partial charge in [-0.15, -0.1) is 0 Å². The molecule has 0 spiro atoms.